The number of carbonyl (C=O) groups is 2. The van der Waals surface area contributed by atoms with Gasteiger partial charge in [0.1, 0.15) is 0 Å². The number of hydrogen-bond acceptors (Lipinski definition) is 6. The van der Waals surface area contributed by atoms with Crippen LogP contribution in [-0.2, 0) is 29.2 Å². The summed E-state index contributed by atoms with van der Waals surface area (Å²) in [6, 6.07) is 0. The van der Waals surface area contributed by atoms with E-state index in [1.807, 2.05) is 0 Å². The molecule has 0 aliphatic rings. The quantitative estimate of drug-likeness (QED) is 0.123. The third-order valence-corrected chi connectivity index (χ3v) is 5.88. The Balaban J connectivity index is 3.82. The van der Waals surface area contributed by atoms with Crippen LogP contribution in [0, 0.1) is 0 Å². The van der Waals surface area contributed by atoms with Gasteiger partial charge in [0.25, 0.3) is 10.1 Å². The molecular weight excluding hydrogens is 408 g/mol. The van der Waals surface area contributed by atoms with Gasteiger partial charge in [-0.1, -0.05) is 90.0 Å². The lowest BCUT2D eigenvalue weighted by molar-refractivity contribution is -0.147. The molecule has 0 heterocycles. The Morgan fingerprint density at radius 1 is 0.867 bits per heavy atom. The summed E-state index contributed by atoms with van der Waals surface area (Å²) >= 11 is 0. The van der Waals surface area contributed by atoms with Crippen LogP contribution in [0.5, 0.6) is 0 Å². The normalized spacial score (nSPS) is 12.8. The third-order valence-electron chi connectivity index (χ3n) is 4.80. The number of carbonyl (C=O) groups excluding carboxylic acids is 2. The van der Waals surface area contributed by atoms with Crippen LogP contribution in [0.3, 0.4) is 0 Å². The minimum Gasteiger partial charge on any atom is -0.465 e. The Kier molecular flexibility index (Phi) is 17.5. The molecular formula is C22H40O7S. The molecule has 8 heteroatoms. The topological polar surface area (TPSA) is 107 Å². The largest absolute Gasteiger partial charge is 0.465 e. The number of allylic oxidation sites excluding steroid dienone is 1. The van der Waals surface area contributed by atoms with Gasteiger partial charge in [0.05, 0.1) is 19.3 Å². The summed E-state index contributed by atoms with van der Waals surface area (Å²) in [5.41, 5.74) is 0. The maximum Gasteiger partial charge on any atom is 0.327 e. The lowest BCUT2D eigenvalue weighted by Gasteiger charge is -2.12. The molecule has 0 radical (unpaired) electrons. The Morgan fingerprint density at radius 2 is 1.33 bits per heavy atom. The molecule has 0 saturated heterocycles. The van der Waals surface area contributed by atoms with E-state index >= 15 is 0 Å². The van der Waals surface area contributed by atoms with E-state index in [1.54, 1.807) is 6.92 Å². The highest BCUT2D eigenvalue weighted by Gasteiger charge is 2.35. The highest BCUT2D eigenvalue weighted by molar-refractivity contribution is 7.87. The average Bonchev–Trinajstić information content (AvgIpc) is 2.69. The standard InChI is InChI=1S/C22H40O7S/c1-3-5-6-7-8-9-10-11-12-13-14-15-16-18-29-22(24)20(30(25,26)27)19-21(23)28-17-4-2/h4,17,20H,3,5-16,18-19H2,1-2H3,(H,25,26,27)/b17-4+. The van der Waals surface area contributed by atoms with Gasteiger partial charge >= 0.3 is 11.9 Å². The highest BCUT2D eigenvalue weighted by atomic mass is 32.2. The SMILES string of the molecule is C/C=C/OC(=O)CC(C(=O)OCCCCCCCCCCCCCCC)S(=O)(=O)O. The van der Waals surface area contributed by atoms with Gasteiger partial charge < -0.3 is 9.47 Å². The first-order valence-electron chi connectivity index (χ1n) is 11.3. The molecule has 1 atom stereocenters. The second-order valence-electron chi connectivity index (χ2n) is 7.58. The summed E-state index contributed by atoms with van der Waals surface area (Å²) in [6.07, 6.45) is 17.1. The first-order valence-corrected chi connectivity index (χ1v) is 12.8. The molecule has 1 unspecified atom stereocenters. The molecule has 7 nitrogen and oxygen atoms in total. The van der Waals surface area contributed by atoms with E-state index < -0.39 is 33.7 Å². The van der Waals surface area contributed by atoms with Crippen molar-refractivity contribution in [2.45, 2.75) is 109 Å². The van der Waals surface area contributed by atoms with E-state index in [1.165, 1.54) is 63.9 Å². The smallest absolute Gasteiger partial charge is 0.327 e. The summed E-state index contributed by atoms with van der Waals surface area (Å²) in [7, 11) is -4.75. The van der Waals surface area contributed by atoms with E-state index in [9.17, 15) is 22.6 Å². The predicted octanol–water partition coefficient (Wildman–Crippen LogP) is 5.34. The Morgan fingerprint density at radius 3 is 1.77 bits per heavy atom. The van der Waals surface area contributed by atoms with Crippen molar-refractivity contribution in [1.82, 2.24) is 0 Å². The van der Waals surface area contributed by atoms with Gasteiger partial charge in [-0.2, -0.15) is 8.42 Å². The van der Waals surface area contributed by atoms with Crippen molar-refractivity contribution >= 4 is 22.1 Å². The van der Waals surface area contributed by atoms with Crippen LogP contribution < -0.4 is 0 Å². The maximum atomic E-state index is 11.9. The third kappa shape index (κ3) is 16.4. The van der Waals surface area contributed by atoms with Crippen LogP contribution in [0.1, 0.15) is 104 Å². The second kappa shape index (κ2) is 18.4. The Hall–Kier alpha value is -1.41. The van der Waals surface area contributed by atoms with Crippen molar-refractivity contribution < 1.29 is 32.0 Å². The molecule has 0 aromatic carbocycles. The van der Waals surface area contributed by atoms with Gasteiger partial charge in [0.15, 0.2) is 5.25 Å². The molecule has 0 bridgehead atoms. The van der Waals surface area contributed by atoms with Crippen molar-refractivity contribution in [2.24, 2.45) is 0 Å². The summed E-state index contributed by atoms with van der Waals surface area (Å²) in [6.45, 7) is 3.90. The van der Waals surface area contributed by atoms with Gasteiger partial charge in [-0.05, 0) is 13.3 Å². The first kappa shape index (κ1) is 28.6. The zero-order chi connectivity index (χ0) is 22.7. The van der Waals surface area contributed by atoms with Crippen LogP contribution >= 0.6 is 0 Å². The van der Waals surface area contributed by atoms with Crippen molar-refractivity contribution in [1.29, 1.82) is 0 Å². The zero-order valence-corrected chi connectivity index (χ0v) is 19.5. The molecule has 0 saturated carbocycles. The van der Waals surface area contributed by atoms with Gasteiger partial charge in [0, 0.05) is 0 Å². The van der Waals surface area contributed by atoms with E-state index in [4.69, 9.17) is 4.74 Å². The molecule has 176 valence electrons. The fourth-order valence-corrected chi connectivity index (χ4v) is 3.70. The minimum absolute atomic E-state index is 0.0620. The molecule has 0 amide bonds. The minimum atomic E-state index is -4.75. The van der Waals surface area contributed by atoms with Crippen molar-refractivity contribution in [2.75, 3.05) is 6.61 Å². The summed E-state index contributed by atoms with van der Waals surface area (Å²) in [5.74, 6) is -2.07. The van der Waals surface area contributed by atoms with E-state index in [-0.39, 0.29) is 6.61 Å². The van der Waals surface area contributed by atoms with Crippen LogP contribution in [0.2, 0.25) is 0 Å². The molecule has 0 aliphatic heterocycles. The van der Waals surface area contributed by atoms with Gasteiger partial charge in [-0.25, -0.2) is 0 Å². The van der Waals surface area contributed by atoms with Crippen LogP contribution in [0.15, 0.2) is 12.3 Å². The van der Waals surface area contributed by atoms with Crippen molar-refractivity contribution in [3.05, 3.63) is 12.3 Å². The second-order valence-corrected chi connectivity index (χ2v) is 9.18. The molecule has 0 rings (SSSR count). The van der Waals surface area contributed by atoms with Crippen molar-refractivity contribution in [3.63, 3.8) is 0 Å². The zero-order valence-electron chi connectivity index (χ0n) is 18.6. The lowest BCUT2D eigenvalue weighted by Crippen LogP contribution is -2.34. The maximum absolute atomic E-state index is 11.9. The number of unbranched alkanes of at least 4 members (excludes halogenated alkanes) is 12. The monoisotopic (exact) mass is 448 g/mol. The highest BCUT2D eigenvalue weighted by Crippen LogP contribution is 2.13. The van der Waals surface area contributed by atoms with Crippen LogP contribution in [-0.4, -0.2) is 36.8 Å². The first-order chi connectivity index (χ1) is 14.3. The molecule has 30 heavy (non-hydrogen) atoms. The molecule has 0 aromatic rings. The van der Waals surface area contributed by atoms with Crippen LogP contribution in [0.4, 0.5) is 0 Å². The molecule has 1 N–H and O–H groups in total. The van der Waals surface area contributed by atoms with Gasteiger partial charge in [-0.3, -0.25) is 14.1 Å². The average molecular weight is 449 g/mol. The van der Waals surface area contributed by atoms with E-state index in [0.29, 0.717) is 6.42 Å². The molecule has 0 fully saturated rings. The van der Waals surface area contributed by atoms with Crippen molar-refractivity contribution in [3.8, 4) is 0 Å². The number of ether oxygens (including phenoxy) is 2. The Bertz CT molecular complexity index is 584. The molecule has 0 aromatic heterocycles. The summed E-state index contributed by atoms with van der Waals surface area (Å²) in [5, 5.41) is -1.96. The van der Waals surface area contributed by atoms with Gasteiger partial charge in [0.2, 0.25) is 0 Å². The fraction of sp³-hybridized carbons (Fsp3) is 0.818. The van der Waals surface area contributed by atoms with E-state index in [2.05, 4.69) is 11.7 Å². The number of rotatable bonds is 19. The van der Waals surface area contributed by atoms with Crippen LogP contribution in [0.25, 0.3) is 0 Å². The lowest BCUT2D eigenvalue weighted by atomic mass is 10.0. The van der Waals surface area contributed by atoms with E-state index in [0.717, 1.165) is 25.5 Å². The summed E-state index contributed by atoms with van der Waals surface area (Å²) in [4.78, 5) is 23.4. The summed E-state index contributed by atoms with van der Waals surface area (Å²) < 4.78 is 41.4. The fourth-order valence-electron chi connectivity index (χ4n) is 3.04. The van der Waals surface area contributed by atoms with Gasteiger partial charge in [-0.15, -0.1) is 0 Å². The molecule has 0 aliphatic carbocycles. The predicted molar refractivity (Wildman–Crippen MR) is 118 cm³/mol. The Labute approximate surface area is 182 Å². The number of hydrogen-bond donors (Lipinski definition) is 1. The molecule has 0 spiro atoms. The number of esters is 2.